The van der Waals surface area contributed by atoms with Crippen LogP contribution in [0.15, 0.2) is 0 Å². The molecule has 0 N–H and O–H groups in total. The summed E-state index contributed by atoms with van der Waals surface area (Å²) in [5.74, 6) is 1.36. The van der Waals surface area contributed by atoms with Crippen molar-refractivity contribution in [1.82, 2.24) is 0 Å². The van der Waals surface area contributed by atoms with Crippen LogP contribution in [0.2, 0.25) is 0 Å². The number of hydrogen-bond acceptors (Lipinski definition) is 2. The van der Waals surface area contributed by atoms with Crippen molar-refractivity contribution in [3.8, 4) is 0 Å². The summed E-state index contributed by atoms with van der Waals surface area (Å²) >= 11 is 3.99. The van der Waals surface area contributed by atoms with Crippen LogP contribution in [-0.4, -0.2) is 22.3 Å². The van der Waals surface area contributed by atoms with E-state index in [9.17, 15) is 0 Å². The zero-order valence-corrected chi connectivity index (χ0v) is 19.3. The summed E-state index contributed by atoms with van der Waals surface area (Å²) in [6, 6.07) is 0. The highest BCUT2D eigenvalue weighted by molar-refractivity contribution is 8.17. The molecule has 0 bridgehead atoms. The van der Waals surface area contributed by atoms with Gasteiger partial charge in [-0.1, -0.05) is 76.2 Å². The third-order valence-corrected chi connectivity index (χ3v) is 8.32. The lowest BCUT2D eigenvalue weighted by Crippen LogP contribution is -2.33. The van der Waals surface area contributed by atoms with Crippen LogP contribution >= 0.6 is 23.5 Å². The summed E-state index contributed by atoms with van der Waals surface area (Å²) < 4.78 is 0.148. The van der Waals surface area contributed by atoms with Gasteiger partial charge in [0.1, 0.15) is 0 Å². The highest BCUT2D eigenvalue weighted by Crippen LogP contribution is 2.45. The van der Waals surface area contributed by atoms with Gasteiger partial charge in [0.15, 0.2) is 0 Å². The predicted molar refractivity (Wildman–Crippen MR) is 115 cm³/mol. The summed E-state index contributed by atoms with van der Waals surface area (Å²) in [6.07, 6.45) is 2.29. The second kappa shape index (κ2) is 8.43. The molecule has 2 radical (unpaired) electrons. The minimum atomic E-state index is -0.148. The molecule has 3 heteroatoms. The molecule has 0 fully saturated rings. The maximum absolute atomic E-state index is 6.60. The molecule has 0 aromatic heterocycles. The second-order valence-corrected chi connectivity index (χ2v) is 13.7. The SMILES string of the molecule is [B]C(C)(CC(C)(C)C(C)C)SCSC(C)(C)CC(C)(C)C(C)C. The number of rotatable bonds is 10. The Kier molecular flexibility index (Phi) is 8.71. The molecule has 0 saturated heterocycles. The van der Waals surface area contributed by atoms with Crippen molar-refractivity contribution in [2.75, 3.05) is 5.08 Å². The van der Waals surface area contributed by atoms with Gasteiger partial charge in [-0.15, -0.1) is 11.8 Å². The first kappa shape index (κ1) is 23.8. The van der Waals surface area contributed by atoms with E-state index in [-0.39, 0.29) is 10.1 Å². The van der Waals surface area contributed by atoms with Crippen molar-refractivity contribution < 1.29 is 0 Å². The van der Waals surface area contributed by atoms with E-state index in [1.54, 1.807) is 0 Å². The van der Waals surface area contributed by atoms with Gasteiger partial charge in [0, 0.05) is 9.83 Å². The molecule has 1 unspecified atom stereocenters. The number of thioether (sulfide) groups is 2. The maximum atomic E-state index is 6.60. The first-order chi connectivity index (χ1) is 10.0. The van der Waals surface area contributed by atoms with E-state index in [0.717, 1.165) is 11.5 Å². The third kappa shape index (κ3) is 9.14. The van der Waals surface area contributed by atoms with Crippen LogP contribution in [0.3, 0.4) is 0 Å². The molecule has 0 aliphatic rings. The third-order valence-electron chi connectivity index (χ3n) is 5.65. The van der Waals surface area contributed by atoms with Crippen LogP contribution in [0, 0.1) is 22.7 Å². The maximum Gasteiger partial charge on any atom is 0.0890 e. The monoisotopic (exact) mass is 356 g/mol. The zero-order chi connectivity index (χ0) is 18.7. The first-order valence-corrected chi connectivity index (χ1v) is 11.0. The first-order valence-electron chi connectivity index (χ1n) is 9.08. The Morgan fingerprint density at radius 1 is 0.696 bits per heavy atom. The van der Waals surface area contributed by atoms with Crippen molar-refractivity contribution in [3.05, 3.63) is 0 Å². The van der Waals surface area contributed by atoms with Crippen molar-refractivity contribution in [2.45, 2.75) is 98.4 Å². The molecule has 0 aliphatic carbocycles. The Morgan fingerprint density at radius 3 is 1.48 bits per heavy atom. The molecule has 23 heavy (non-hydrogen) atoms. The van der Waals surface area contributed by atoms with Crippen LogP contribution in [0.25, 0.3) is 0 Å². The summed E-state index contributed by atoms with van der Waals surface area (Å²) in [4.78, 5) is 0. The van der Waals surface area contributed by atoms with E-state index in [1.165, 1.54) is 6.42 Å². The minimum absolute atomic E-state index is 0.148. The minimum Gasteiger partial charge on any atom is -0.154 e. The summed E-state index contributed by atoms with van der Waals surface area (Å²) in [5.41, 5.74) is 0.670. The fourth-order valence-corrected chi connectivity index (χ4v) is 6.37. The van der Waals surface area contributed by atoms with E-state index in [0.29, 0.717) is 22.0 Å². The zero-order valence-electron chi connectivity index (χ0n) is 17.7. The number of hydrogen-bond donors (Lipinski definition) is 0. The van der Waals surface area contributed by atoms with Gasteiger partial charge in [-0.05, 0) is 40.2 Å². The second-order valence-electron chi connectivity index (χ2n) is 10.1. The molecular weight excluding hydrogens is 315 g/mol. The normalized spacial score (nSPS) is 16.9. The fraction of sp³-hybridized carbons (Fsp3) is 1.00. The van der Waals surface area contributed by atoms with Gasteiger partial charge in [-0.2, -0.15) is 11.8 Å². The molecule has 0 nitrogen and oxygen atoms in total. The largest absolute Gasteiger partial charge is 0.154 e. The van der Waals surface area contributed by atoms with E-state index in [1.807, 2.05) is 11.8 Å². The predicted octanol–water partition coefficient (Wildman–Crippen LogP) is 7.22. The summed E-state index contributed by atoms with van der Waals surface area (Å²) in [5, 5.41) is 1.07. The van der Waals surface area contributed by atoms with Gasteiger partial charge < -0.3 is 0 Å². The van der Waals surface area contributed by atoms with Gasteiger partial charge in [0.25, 0.3) is 0 Å². The fourth-order valence-electron chi connectivity index (χ4n) is 2.84. The highest BCUT2D eigenvalue weighted by atomic mass is 32.2. The van der Waals surface area contributed by atoms with Crippen LogP contribution in [-0.2, 0) is 0 Å². The molecule has 0 amide bonds. The van der Waals surface area contributed by atoms with E-state index in [4.69, 9.17) is 7.85 Å². The molecule has 0 aromatic rings. The van der Waals surface area contributed by atoms with Gasteiger partial charge in [-0.3, -0.25) is 0 Å². The van der Waals surface area contributed by atoms with Gasteiger partial charge in [0.2, 0.25) is 0 Å². The average molecular weight is 356 g/mol. The van der Waals surface area contributed by atoms with Crippen LogP contribution in [0.4, 0.5) is 0 Å². The average Bonchev–Trinajstić information content (AvgIpc) is 2.24. The standard InChI is InChI=1S/C20H41BS2/c1-15(2)17(5,6)12-19(9,10)22-14-23-20(11,21)13-18(7,8)16(3)4/h15-16H,12-14H2,1-11H3. The summed E-state index contributed by atoms with van der Waals surface area (Å²) in [7, 11) is 6.60. The van der Waals surface area contributed by atoms with Crippen LogP contribution in [0.1, 0.15) is 89.0 Å². The molecule has 0 aromatic carbocycles. The van der Waals surface area contributed by atoms with E-state index in [2.05, 4.69) is 87.9 Å². The van der Waals surface area contributed by atoms with Crippen molar-refractivity contribution in [2.24, 2.45) is 22.7 Å². The Morgan fingerprint density at radius 2 is 1.09 bits per heavy atom. The quantitative estimate of drug-likeness (QED) is 0.299. The van der Waals surface area contributed by atoms with Crippen LogP contribution in [0.5, 0.6) is 0 Å². The van der Waals surface area contributed by atoms with Crippen molar-refractivity contribution >= 4 is 31.4 Å². The molecule has 136 valence electrons. The van der Waals surface area contributed by atoms with Crippen LogP contribution < -0.4 is 0 Å². The Labute approximate surface area is 157 Å². The Bertz CT molecular complexity index is 321. The lowest BCUT2D eigenvalue weighted by molar-refractivity contribution is 0.210. The lowest BCUT2D eigenvalue weighted by atomic mass is 9.69. The van der Waals surface area contributed by atoms with Crippen molar-refractivity contribution in [3.63, 3.8) is 0 Å². The molecule has 0 heterocycles. The van der Waals surface area contributed by atoms with E-state index < -0.39 is 0 Å². The van der Waals surface area contributed by atoms with Gasteiger partial charge in [0.05, 0.1) is 7.85 Å². The highest BCUT2D eigenvalue weighted by Gasteiger charge is 2.34. The molecular formula is C20H41BS2. The van der Waals surface area contributed by atoms with E-state index >= 15 is 0 Å². The summed E-state index contributed by atoms with van der Waals surface area (Å²) in [6.45, 7) is 25.7. The Balaban J connectivity index is 4.52. The molecule has 0 saturated carbocycles. The molecule has 0 aliphatic heterocycles. The molecule has 1 atom stereocenters. The van der Waals surface area contributed by atoms with Gasteiger partial charge >= 0.3 is 0 Å². The lowest BCUT2D eigenvalue weighted by Gasteiger charge is -2.40. The molecule has 0 spiro atoms. The van der Waals surface area contributed by atoms with Gasteiger partial charge in [-0.25, -0.2) is 0 Å². The van der Waals surface area contributed by atoms with Crippen molar-refractivity contribution in [1.29, 1.82) is 0 Å². The molecule has 0 rings (SSSR count). The topological polar surface area (TPSA) is 0 Å². The Hall–Kier alpha value is 0.765. The smallest absolute Gasteiger partial charge is 0.0890 e.